The molecule has 0 aliphatic rings. The molecule has 0 saturated carbocycles. The third kappa shape index (κ3) is 5.49. The molecule has 0 spiro atoms. The van der Waals surface area contributed by atoms with Crippen molar-refractivity contribution in [3.63, 3.8) is 0 Å². The zero-order chi connectivity index (χ0) is 15.8. The lowest BCUT2D eigenvalue weighted by Crippen LogP contribution is -2.43. The molecule has 2 amide bonds. The Hall–Kier alpha value is -2.61. The molecule has 114 valence electrons. The van der Waals surface area contributed by atoms with Gasteiger partial charge in [-0.05, 0) is 24.3 Å². The van der Waals surface area contributed by atoms with E-state index in [-0.39, 0.29) is 31.3 Å². The van der Waals surface area contributed by atoms with Crippen LogP contribution in [0.1, 0.15) is 10.4 Å². The summed E-state index contributed by atoms with van der Waals surface area (Å²) in [6, 6.07) is 5.66. The first-order chi connectivity index (χ1) is 9.93. The molecule has 0 aliphatic carbocycles. The van der Waals surface area contributed by atoms with Crippen molar-refractivity contribution in [2.75, 3.05) is 26.2 Å². The molecule has 1 aromatic rings. The summed E-state index contributed by atoms with van der Waals surface area (Å²) in [6.45, 7) is -0.616. The minimum atomic E-state index is -1.15. The smallest absolute Gasteiger partial charge is 0.323 e. The van der Waals surface area contributed by atoms with E-state index in [1.807, 2.05) is 0 Å². The van der Waals surface area contributed by atoms with Gasteiger partial charge in [-0.25, -0.2) is 0 Å². The molecule has 8 nitrogen and oxygen atoms in total. The molecule has 0 aliphatic heterocycles. The molecule has 0 unspecified atom stereocenters. The van der Waals surface area contributed by atoms with E-state index < -0.39 is 18.4 Å². The number of hydrogen-bond acceptors (Lipinski definition) is 5. The highest BCUT2D eigenvalue weighted by atomic mass is 16.4. The molecule has 21 heavy (non-hydrogen) atoms. The molecular weight excluding hydrogens is 278 g/mol. The fraction of sp³-hybridized carbons (Fsp3) is 0.308. The lowest BCUT2D eigenvalue weighted by Gasteiger charge is -2.20. The van der Waals surface area contributed by atoms with E-state index in [0.29, 0.717) is 5.56 Å². The van der Waals surface area contributed by atoms with Crippen LogP contribution in [-0.2, 0) is 9.59 Å². The second-order valence-corrected chi connectivity index (χ2v) is 4.22. The number of carboxylic acids is 1. The first kappa shape index (κ1) is 16.4. The van der Waals surface area contributed by atoms with Crippen molar-refractivity contribution in [2.45, 2.75) is 0 Å². The monoisotopic (exact) mass is 295 g/mol. The summed E-state index contributed by atoms with van der Waals surface area (Å²) in [5.41, 5.74) is 5.54. The van der Waals surface area contributed by atoms with Crippen LogP contribution >= 0.6 is 0 Å². The number of carbonyl (C=O) groups is 3. The Morgan fingerprint density at radius 3 is 2.33 bits per heavy atom. The molecular formula is C13H17N3O5. The summed E-state index contributed by atoms with van der Waals surface area (Å²) in [5, 5.41) is 20.4. The average Bonchev–Trinajstić information content (AvgIpc) is 2.45. The van der Waals surface area contributed by atoms with Crippen molar-refractivity contribution in [2.24, 2.45) is 5.73 Å². The number of rotatable bonds is 7. The Balaban J connectivity index is 2.49. The number of carboxylic acid groups (broad SMARTS) is 1. The van der Waals surface area contributed by atoms with Crippen LogP contribution < -0.4 is 11.1 Å². The van der Waals surface area contributed by atoms with E-state index in [1.165, 1.54) is 24.3 Å². The second kappa shape index (κ2) is 7.85. The minimum absolute atomic E-state index is 0.0478. The fourth-order valence-electron chi connectivity index (χ4n) is 1.60. The van der Waals surface area contributed by atoms with Crippen LogP contribution in [0.4, 0.5) is 0 Å². The fourth-order valence-corrected chi connectivity index (χ4v) is 1.60. The maximum absolute atomic E-state index is 11.8. The predicted molar refractivity (Wildman–Crippen MR) is 73.7 cm³/mol. The Kier molecular flexibility index (Phi) is 6.15. The highest BCUT2D eigenvalue weighted by molar-refractivity contribution is 5.94. The van der Waals surface area contributed by atoms with E-state index in [9.17, 15) is 14.4 Å². The zero-order valence-electron chi connectivity index (χ0n) is 11.3. The van der Waals surface area contributed by atoms with E-state index in [2.05, 4.69) is 5.32 Å². The topological polar surface area (TPSA) is 133 Å². The van der Waals surface area contributed by atoms with Gasteiger partial charge in [-0.1, -0.05) is 0 Å². The van der Waals surface area contributed by atoms with Gasteiger partial charge in [0.1, 0.15) is 12.3 Å². The maximum atomic E-state index is 11.8. The van der Waals surface area contributed by atoms with Crippen LogP contribution in [0, 0.1) is 0 Å². The van der Waals surface area contributed by atoms with Gasteiger partial charge in [-0.2, -0.15) is 0 Å². The molecule has 0 heterocycles. The Morgan fingerprint density at radius 2 is 1.81 bits per heavy atom. The summed E-state index contributed by atoms with van der Waals surface area (Å²) in [7, 11) is 0. The number of phenolic OH excluding ortho intramolecular Hbond substituents is 1. The van der Waals surface area contributed by atoms with Gasteiger partial charge in [0.05, 0.1) is 6.54 Å². The number of carbonyl (C=O) groups excluding carboxylic acids is 2. The van der Waals surface area contributed by atoms with Crippen molar-refractivity contribution in [3.05, 3.63) is 29.8 Å². The first-order valence-corrected chi connectivity index (χ1v) is 6.21. The average molecular weight is 295 g/mol. The minimum Gasteiger partial charge on any atom is -0.508 e. The molecule has 0 aromatic heterocycles. The number of amides is 2. The van der Waals surface area contributed by atoms with Crippen LogP contribution in [0.2, 0.25) is 0 Å². The maximum Gasteiger partial charge on any atom is 0.323 e. The molecule has 0 saturated heterocycles. The van der Waals surface area contributed by atoms with Gasteiger partial charge >= 0.3 is 5.97 Å². The highest BCUT2D eigenvalue weighted by Crippen LogP contribution is 2.09. The molecule has 1 aromatic carbocycles. The van der Waals surface area contributed by atoms with E-state index in [4.69, 9.17) is 15.9 Å². The van der Waals surface area contributed by atoms with Gasteiger partial charge in [0.25, 0.3) is 5.91 Å². The molecule has 8 heteroatoms. The molecule has 1 rings (SSSR count). The molecule has 5 N–H and O–H groups in total. The number of aliphatic carboxylic acids is 1. The van der Waals surface area contributed by atoms with E-state index in [1.54, 1.807) is 0 Å². The van der Waals surface area contributed by atoms with Crippen molar-refractivity contribution in [3.8, 4) is 5.75 Å². The molecule has 0 bridgehead atoms. The highest BCUT2D eigenvalue weighted by Gasteiger charge is 2.15. The van der Waals surface area contributed by atoms with Crippen LogP contribution in [0.3, 0.4) is 0 Å². The zero-order valence-corrected chi connectivity index (χ0v) is 11.3. The Morgan fingerprint density at radius 1 is 1.19 bits per heavy atom. The second-order valence-electron chi connectivity index (χ2n) is 4.22. The molecule has 0 fully saturated rings. The van der Waals surface area contributed by atoms with Crippen LogP contribution in [0.25, 0.3) is 0 Å². The van der Waals surface area contributed by atoms with E-state index in [0.717, 1.165) is 4.90 Å². The lowest BCUT2D eigenvalue weighted by molar-refractivity contribution is -0.143. The first-order valence-electron chi connectivity index (χ1n) is 6.21. The molecule has 0 atom stereocenters. The van der Waals surface area contributed by atoms with Crippen molar-refractivity contribution in [1.82, 2.24) is 10.2 Å². The summed E-state index contributed by atoms with van der Waals surface area (Å²) >= 11 is 0. The van der Waals surface area contributed by atoms with Gasteiger partial charge in [-0.15, -0.1) is 0 Å². The predicted octanol–water partition coefficient (Wildman–Crippen LogP) is -1.01. The largest absolute Gasteiger partial charge is 0.508 e. The van der Waals surface area contributed by atoms with Crippen molar-refractivity contribution < 1.29 is 24.6 Å². The third-order valence-electron chi connectivity index (χ3n) is 2.65. The van der Waals surface area contributed by atoms with Gasteiger partial charge in [0.15, 0.2) is 0 Å². The van der Waals surface area contributed by atoms with Gasteiger partial charge in [0.2, 0.25) is 5.91 Å². The van der Waals surface area contributed by atoms with Gasteiger partial charge < -0.3 is 26.2 Å². The summed E-state index contributed by atoms with van der Waals surface area (Å²) in [5.74, 6) is -1.99. The number of hydrogen-bond donors (Lipinski definition) is 4. The lowest BCUT2D eigenvalue weighted by atomic mass is 10.2. The number of benzene rings is 1. The summed E-state index contributed by atoms with van der Waals surface area (Å²) in [6.07, 6.45) is 0. The van der Waals surface area contributed by atoms with Gasteiger partial charge in [-0.3, -0.25) is 14.4 Å². The quantitative estimate of drug-likeness (QED) is 0.509. The molecule has 0 radical (unpaired) electrons. The van der Waals surface area contributed by atoms with Crippen LogP contribution in [0.5, 0.6) is 5.75 Å². The summed E-state index contributed by atoms with van der Waals surface area (Å²) in [4.78, 5) is 34.9. The van der Waals surface area contributed by atoms with Gasteiger partial charge in [0, 0.05) is 18.7 Å². The number of phenols is 1. The van der Waals surface area contributed by atoms with Crippen molar-refractivity contribution in [1.29, 1.82) is 0 Å². The van der Waals surface area contributed by atoms with Crippen LogP contribution in [-0.4, -0.2) is 59.1 Å². The SMILES string of the molecule is NCC(=O)N(CCNC(=O)c1ccc(O)cc1)CC(=O)O. The number of nitrogens with one attached hydrogen (secondary N) is 1. The number of aromatic hydroxyl groups is 1. The Bertz CT molecular complexity index is 515. The number of nitrogens with two attached hydrogens (primary N) is 1. The summed E-state index contributed by atoms with van der Waals surface area (Å²) < 4.78 is 0. The standard InChI is InChI=1S/C13H17N3O5/c14-7-11(18)16(8-12(19)20)6-5-15-13(21)9-1-3-10(17)4-2-9/h1-4,17H,5-8,14H2,(H,15,21)(H,19,20). The number of nitrogens with zero attached hydrogens (tertiary/aromatic N) is 1. The van der Waals surface area contributed by atoms with Crippen LogP contribution in [0.15, 0.2) is 24.3 Å². The Labute approximate surface area is 121 Å². The van der Waals surface area contributed by atoms with E-state index >= 15 is 0 Å². The third-order valence-corrected chi connectivity index (χ3v) is 2.65. The van der Waals surface area contributed by atoms with Crippen molar-refractivity contribution >= 4 is 17.8 Å². The normalized spacial score (nSPS) is 9.95.